The molecule has 1 aromatic heterocycles. The summed E-state index contributed by atoms with van der Waals surface area (Å²) in [6.45, 7) is 0. The van der Waals surface area contributed by atoms with E-state index in [0.717, 1.165) is 0 Å². The quantitative estimate of drug-likeness (QED) is 0.581. The molecule has 2 rings (SSSR count). The van der Waals surface area contributed by atoms with Crippen LogP contribution in [-0.4, -0.2) is 15.0 Å². The Labute approximate surface area is 52.7 Å². The van der Waals surface area contributed by atoms with Crippen molar-refractivity contribution >= 4 is 5.82 Å². The molecule has 4 nitrogen and oxygen atoms in total. The average Bonchev–Trinajstić information content (AvgIpc) is 2.58. The standard InChI is InChI=1S/C5H8N4/c6-5-3-7-9(8-5)4-1-2-4/h3-4H,1-2H2,(H2,6,8). The van der Waals surface area contributed by atoms with Gasteiger partial charge in [0, 0.05) is 0 Å². The van der Waals surface area contributed by atoms with Gasteiger partial charge in [0.1, 0.15) is 0 Å². The van der Waals surface area contributed by atoms with Crippen molar-refractivity contribution in [1.82, 2.24) is 15.0 Å². The largest absolute Gasteiger partial charge is 0.381 e. The van der Waals surface area contributed by atoms with Gasteiger partial charge in [-0.1, -0.05) is 0 Å². The molecule has 1 aliphatic carbocycles. The van der Waals surface area contributed by atoms with Gasteiger partial charge in [0.25, 0.3) is 0 Å². The lowest BCUT2D eigenvalue weighted by Gasteiger charge is -1.89. The Balaban J connectivity index is 2.28. The van der Waals surface area contributed by atoms with Gasteiger partial charge in [-0.05, 0) is 12.8 Å². The second-order valence-electron chi connectivity index (χ2n) is 2.32. The normalized spacial score (nSPS) is 18.2. The van der Waals surface area contributed by atoms with Gasteiger partial charge in [0.2, 0.25) is 0 Å². The molecule has 1 aliphatic rings. The van der Waals surface area contributed by atoms with Crippen LogP contribution in [0.1, 0.15) is 18.9 Å². The number of hydrogen-bond acceptors (Lipinski definition) is 3. The van der Waals surface area contributed by atoms with Gasteiger partial charge in [-0.15, -0.1) is 5.10 Å². The minimum atomic E-state index is 0.516. The van der Waals surface area contributed by atoms with Crippen LogP contribution in [-0.2, 0) is 0 Å². The van der Waals surface area contributed by atoms with E-state index in [1.165, 1.54) is 12.8 Å². The fraction of sp³-hybridized carbons (Fsp3) is 0.600. The smallest absolute Gasteiger partial charge is 0.165 e. The van der Waals surface area contributed by atoms with Crippen molar-refractivity contribution < 1.29 is 0 Å². The van der Waals surface area contributed by atoms with E-state index in [4.69, 9.17) is 5.73 Å². The third-order valence-corrected chi connectivity index (χ3v) is 1.40. The van der Waals surface area contributed by atoms with Gasteiger partial charge in [-0.2, -0.15) is 9.90 Å². The Morgan fingerprint density at radius 3 is 2.89 bits per heavy atom. The second-order valence-corrected chi connectivity index (χ2v) is 2.32. The third-order valence-electron chi connectivity index (χ3n) is 1.40. The number of hydrogen-bond donors (Lipinski definition) is 1. The minimum absolute atomic E-state index is 0.516. The molecule has 0 unspecified atom stereocenters. The maximum atomic E-state index is 5.35. The van der Waals surface area contributed by atoms with E-state index in [0.29, 0.717) is 11.9 Å². The fourth-order valence-corrected chi connectivity index (χ4v) is 0.770. The Bertz CT molecular complexity index is 212. The topological polar surface area (TPSA) is 56.7 Å². The van der Waals surface area contributed by atoms with Crippen LogP contribution in [0.3, 0.4) is 0 Å². The Kier molecular flexibility index (Phi) is 0.777. The number of anilines is 1. The van der Waals surface area contributed by atoms with Crippen molar-refractivity contribution in [3.63, 3.8) is 0 Å². The lowest BCUT2D eigenvalue weighted by molar-refractivity contribution is 0.555. The predicted molar refractivity (Wildman–Crippen MR) is 32.7 cm³/mol. The van der Waals surface area contributed by atoms with Gasteiger partial charge in [0.15, 0.2) is 5.82 Å². The van der Waals surface area contributed by atoms with Crippen LogP contribution >= 0.6 is 0 Å². The first-order chi connectivity index (χ1) is 4.36. The zero-order valence-electron chi connectivity index (χ0n) is 4.99. The lowest BCUT2D eigenvalue weighted by atomic mass is 10.8. The molecular weight excluding hydrogens is 116 g/mol. The summed E-state index contributed by atoms with van der Waals surface area (Å²) in [6, 6.07) is 0.544. The average molecular weight is 124 g/mol. The molecule has 1 heterocycles. The first-order valence-electron chi connectivity index (χ1n) is 3.03. The summed E-state index contributed by atoms with van der Waals surface area (Å²) in [4.78, 5) is 1.69. The summed E-state index contributed by atoms with van der Waals surface area (Å²) in [6.07, 6.45) is 3.99. The van der Waals surface area contributed by atoms with E-state index in [9.17, 15) is 0 Å². The van der Waals surface area contributed by atoms with Crippen LogP contribution in [0.5, 0.6) is 0 Å². The molecule has 0 aliphatic heterocycles. The molecule has 9 heavy (non-hydrogen) atoms. The summed E-state index contributed by atoms with van der Waals surface area (Å²) < 4.78 is 0. The van der Waals surface area contributed by atoms with Crippen LogP contribution in [0.15, 0.2) is 6.20 Å². The first-order valence-corrected chi connectivity index (χ1v) is 3.03. The molecule has 1 saturated carbocycles. The van der Waals surface area contributed by atoms with Crippen LogP contribution in [0.4, 0.5) is 5.82 Å². The van der Waals surface area contributed by atoms with E-state index in [2.05, 4.69) is 10.2 Å². The maximum absolute atomic E-state index is 5.35. The maximum Gasteiger partial charge on any atom is 0.165 e. The van der Waals surface area contributed by atoms with E-state index in [-0.39, 0.29) is 0 Å². The van der Waals surface area contributed by atoms with Crippen molar-refractivity contribution in [2.24, 2.45) is 0 Å². The van der Waals surface area contributed by atoms with E-state index >= 15 is 0 Å². The molecule has 0 aromatic carbocycles. The van der Waals surface area contributed by atoms with Crippen LogP contribution in [0, 0.1) is 0 Å². The molecule has 4 heteroatoms. The molecule has 0 atom stereocenters. The zero-order valence-corrected chi connectivity index (χ0v) is 4.99. The summed E-state index contributed by atoms with van der Waals surface area (Å²) in [5, 5.41) is 7.91. The lowest BCUT2D eigenvalue weighted by Crippen LogP contribution is -1.98. The highest BCUT2D eigenvalue weighted by atomic mass is 15.5. The molecule has 0 spiro atoms. The molecule has 0 bridgehead atoms. The van der Waals surface area contributed by atoms with Crippen molar-refractivity contribution in [1.29, 1.82) is 0 Å². The van der Waals surface area contributed by atoms with Gasteiger partial charge in [-0.3, -0.25) is 0 Å². The highest BCUT2D eigenvalue weighted by Gasteiger charge is 2.25. The Morgan fingerprint density at radius 1 is 1.67 bits per heavy atom. The van der Waals surface area contributed by atoms with Gasteiger partial charge in [-0.25, -0.2) is 0 Å². The molecule has 0 amide bonds. The Hall–Kier alpha value is -1.06. The molecule has 0 radical (unpaired) electrons. The second kappa shape index (κ2) is 1.46. The van der Waals surface area contributed by atoms with E-state index in [1.807, 2.05) is 0 Å². The molecule has 48 valence electrons. The fourth-order valence-electron chi connectivity index (χ4n) is 0.770. The molecule has 0 saturated heterocycles. The Morgan fingerprint density at radius 2 is 2.44 bits per heavy atom. The van der Waals surface area contributed by atoms with Gasteiger partial charge >= 0.3 is 0 Å². The van der Waals surface area contributed by atoms with Crippen LogP contribution in [0.25, 0.3) is 0 Å². The highest BCUT2D eigenvalue weighted by molar-refractivity contribution is 5.19. The first kappa shape index (κ1) is 4.78. The molecular formula is C5H8N4. The summed E-state index contributed by atoms with van der Waals surface area (Å²) >= 11 is 0. The van der Waals surface area contributed by atoms with E-state index < -0.39 is 0 Å². The number of rotatable bonds is 1. The monoisotopic (exact) mass is 124 g/mol. The highest BCUT2D eigenvalue weighted by Crippen LogP contribution is 2.33. The van der Waals surface area contributed by atoms with Gasteiger partial charge in [0.05, 0.1) is 12.2 Å². The van der Waals surface area contributed by atoms with Crippen LogP contribution < -0.4 is 5.73 Å². The van der Waals surface area contributed by atoms with Crippen molar-refractivity contribution in [2.75, 3.05) is 5.73 Å². The van der Waals surface area contributed by atoms with Gasteiger partial charge < -0.3 is 5.73 Å². The van der Waals surface area contributed by atoms with E-state index in [1.54, 1.807) is 11.0 Å². The summed E-state index contributed by atoms with van der Waals surface area (Å²) in [7, 11) is 0. The van der Waals surface area contributed by atoms with Crippen molar-refractivity contribution in [3.8, 4) is 0 Å². The molecule has 1 aromatic rings. The SMILES string of the molecule is Nc1cnn(C2CC2)n1. The van der Waals surface area contributed by atoms with Crippen molar-refractivity contribution in [3.05, 3.63) is 6.20 Å². The summed E-state index contributed by atoms with van der Waals surface area (Å²) in [5.41, 5.74) is 5.35. The number of nitrogen functional groups attached to an aromatic ring is 1. The molecule has 2 N–H and O–H groups in total. The summed E-state index contributed by atoms with van der Waals surface area (Å²) in [5.74, 6) is 0.516. The third kappa shape index (κ3) is 0.759. The number of nitrogens with two attached hydrogens (primary N) is 1. The molecule has 1 fully saturated rings. The number of aromatic nitrogens is 3. The number of nitrogens with zero attached hydrogens (tertiary/aromatic N) is 3. The van der Waals surface area contributed by atoms with Crippen molar-refractivity contribution in [2.45, 2.75) is 18.9 Å². The zero-order chi connectivity index (χ0) is 6.27. The van der Waals surface area contributed by atoms with Crippen LogP contribution in [0.2, 0.25) is 0 Å². The minimum Gasteiger partial charge on any atom is -0.381 e. The predicted octanol–water partition coefficient (Wildman–Crippen LogP) is 0.195.